The molecule has 0 aliphatic heterocycles. The van der Waals surface area contributed by atoms with E-state index < -0.39 is 0 Å². The van der Waals surface area contributed by atoms with Gasteiger partial charge in [0.05, 0.1) is 0 Å². The van der Waals surface area contributed by atoms with Crippen LogP contribution in [0, 0.1) is 0 Å². The lowest BCUT2D eigenvalue weighted by molar-refractivity contribution is 0.960. The molecular weight excluding hydrogens is 232 g/mol. The van der Waals surface area contributed by atoms with Crippen LogP contribution >= 0.6 is 22.9 Å². The van der Waals surface area contributed by atoms with Gasteiger partial charge in [-0.3, -0.25) is 0 Å². The van der Waals surface area contributed by atoms with Crippen molar-refractivity contribution in [2.75, 3.05) is 0 Å². The fourth-order valence-electron chi connectivity index (χ4n) is 1.30. The van der Waals surface area contributed by atoms with Crippen LogP contribution in [0.2, 0.25) is 5.02 Å². The van der Waals surface area contributed by atoms with Gasteiger partial charge < -0.3 is 0 Å². The van der Waals surface area contributed by atoms with Crippen molar-refractivity contribution in [1.82, 2.24) is 19.8 Å². The summed E-state index contributed by atoms with van der Waals surface area (Å²) >= 11 is 7.39. The van der Waals surface area contributed by atoms with E-state index in [1.54, 1.807) is 10.8 Å². The Morgan fingerprint density at radius 2 is 2.27 bits per heavy atom. The zero-order valence-corrected chi connectivity index (χ0v) is 9.03. The van der Waals surface area contributed by atoms with Crippen LogP contribution in [0.4, 0.5) is 0 Å². The first kappa shape index (κ1) is 8.82. The third kappa shape index (κ3) is 1.49. The van der Waals surface area contributed by atoms with E-state index in [0.29, 0.717) is 5.02 Å². The number of aromatic nitrogens is 4. The number of fused-ring (bicyclic) bond motifs is 1. The summed E-state index contributed by atoms with van der Waals surface area (Å²) < 4.78 is 1.65. The third-order valence-corrected chi connectivity index (χ3v) is 3.16. The van der Waals surface area contributed by atoms with Gasteiger partial charge in [0.25, 0.3) is 0 Å². The van der Waals surface area contributed by atoms with Crippen LogP contribution in [-0.4, -0.2) is 19.8 Å². The molecule has 0 aliphatic rings. The van der Waals surface area contributed by atoms with Crippen molar-refractivity contribution in [1.29, 1.82) is 0 Å². The van der Waals surface area contributed by atoms with Crippen molar-refractivity contribution in [3.63, 3.8) is 0 Å². The predicted molar refractivity (Wildman–Crippen MR) is 59.1 cm³/mol. The average Bonchev–Trinajstić information content (AvgIpc) is 2.76. The molecule has 3 aromatic rings. The lowest BCUT2D eigenvalue weighted by Crippen LogP contribution is -1.81. The molecule has 4 nitrogen and oxygen atoms in total. The van der Waals surface area contributed by atoms with Crippen LogP contribution in [0.15, 0.2) is 30.6 Å². The van der Waals surface area contributed by atoms with Gasteiger partial charge in [-0.15, -0.1) is 10.2 Å². The lowest BCUT2D eigenvalue weighted by atomic mass is 10.2. The summed E-state index contributed by atoms with van der Waals surface area (Å²) in [5.74, 6) is 0. The van der Waals surface area contributed by atoms with Crippen molar-refractivity contribution < 1.29 is 0 Å². The Balaban J connectivity index is 2.17. The minimum atomic E-state index is 0.707. The molecule has 0 bridgehead atoms. The summed E-state index contributed by atoms with van der Waals surface area (Å²) in [6.45, 7) is 0. The van der Waals surface area contributed by atoms with E-state index in [9.17, 15) is 0 Å². The zero-order chi connectivity index (χ0) is 10.3. The van der Waals surface area contributed by atoms with Gasteiger partial charge in [-0.05, 0) is 12.1 Å². The maximum atomic E-state index is 5.91. The first-order chi connectivity index (χ1) is 7.33. The maximum absolute atomic E-state index is 5.91. The van der Waals surface area contributed by atoms with Gasteiger partial charge >= 0.3 is 0 Å². The number of hydrogen-bond acceptors (Lipinski definition) is 4. The van der Waals surface area contributed by atoms with E-state index in [1.165, 1.54) is 11.3 Å². The third-order valence-electron chi connectivity index (χ3n) is 1.96. The van der Waals surface area contributed by atoms with Crippen LogP contribution in [0.3, 0.4) is 0 Å². The predicted octanol–water partition coefficient (Wildman–Crippen LogP) is 2.51. The molecule has 74 valence electrons. The lowest BCUT2D eigenvalue weighted by Gasteiger charge is -1.94. The number of halogens is 1. The van der Waals surface area contributed by atoms with E-state index in [1.807, 2.05) is 24.3 Å². The van der Waals surface area contributed by atoms with Crippen LogP contribution in [0.25, 0.3) is 15.5 Å². The molecule has 1 aromatic carbocycles. The van der Waals surface area contributed by atoms with E-state index in [4.69, 9.17) is 11.6 Å². The van der Waals surface area contributed by atoms with E-state index in [2.05, 4.69) is 15.3 Å². The van der Waals surface area contributed by atoms with Gasteiger partial charge in [0, 0.05) is 10.6 Å². The monoisotopic (exact) mass is 236 g/mol. The standard InChI is InChI=1S/C9H5ClN4S/c10-7-3-1-2-6(4-7)8-13-14-5-11-12-9(14)15-8/h1-5H. The SMILES string of the molecule is Clc1cccc(-c2nn3cnnc3s2)c1. The van der Waals surface area contributed by atoms with Crippen LogP contribution in [0.5, 0.6) is 0 Å². The second-order valence-corrected chi connectivity index (χ2v) is 4.37. The molecule has 0 saturated carbocycles. The molecule has 0 atom stereocenters. The molecule has 2 aromatic heterocycles. The second-order valence-electron chi connectivity index (χ2n) is 2.98. The van der Waals surface area contributed by atoms with E-state index in [-0.39, 0.29) is 0 Å². The van der Waals surface area contributed by atoms with Gasteiger partial charge in [-0.25, -0.2) is 0 Å². The Labute approximate surface area is 94.1 Å². The van der Waals surface area contributed by atoms with Crippen molar-refractivity contribution in [2.24, 2.45) is 0 Å². The minimum Gasteiger partial charge on any atom is -0.190 e. The van der Waals surface area contributed by atoms with Crippen LogP contribution in [0.1, 0.15) is 0 Å². The van der Waals surface area contributed by atoms with Gasteiger partial charge in [0.2, 0.25) is 4.96 Å². The molecule has 0 N–H and O–H groups in total. The molecular formula is C9H5ClN4S. The van der Waals surface area contributed by atoms with E-state index >= 15 is 0 Å². The van der Waals surface area contributed by atoms with Gasteiger partial charge in [0.1, 0.15) is 11.3 Å². The second kappa shape index (κ2) is 3.29. The Morgan fingerprint density at radius 3 is 3.07 bits per heavy atom. The Morgan fingerprint density at radius 1 is 1.33 bits per heavy atom. The summed E-state index contributed by atoms with van der Waals surface area (Å²) in [6, 6.07) is 7.59. The Hall–Kier alpha value is -1.46. The Kier molecular flexibility index (Phi) is 1.93. The number of rotatable bonds is 1. The topological polar surface area (TPSA) is 43.1 Å². The van der Waals surface area contributed by atoms with E-state index in [0.717, 1.165) is 15.5 Å². The van der Waals surface area contributed by atoms with Crippen molar-refractivity contribution in [2.45, 2.75) is 0 Å². The first-order valence-corrected chi connectivity index (χ1v) is 5.45. The number of benzene rings is 1. The molecule has 15 heavy (non-hydrogen) atoms. The summed E-state index contributed by atoms with van der Waals surface area (Å²) in [4.78, 5) is 0.782. The summed E-state index contributed by atoms with van der Waals surface area (Å²) in [7, 11) is 0. The molecule has 6 heteroatoms. The first-order valence-electron chi connectivity index (χ1n) is 4.26. The van der Waals surface area contributed by atoms with Crippen molar-refractivity contribution in [3.8, 4) is 10.6 Å². The van der Waals surface area contributed by atoms with Crippen molar-refractivity contribution >= 4 is 27.9 Å². The molecule has 2 heterocycles. The average molecular weight is 237 g/mol. The zero-order valence-electron chi connectivity index (χ0n) is 7.46. The number of hydrogen-bond donors (Lipinski definition) is 0. The van der Waals surface area contributed by atoms with Crippen LogP contribution < -0.4 is 0 Å². The highest BCUT2D eigenvalue weighted by atomic mass is 35.5. The van der Waals surface area contributed by atoms with Gasteiger partial charge in [-0.2, -0.15) is 9.61 Å². The minimum absolute atomic E-state index is 0.707. The fourth-order valence-corrected chi connectivity index (χ4v) is 2.30. The summed E-state index contributed by atoms with van der Waals surface area (Å²) in [5, 5.41) is 13.6. The van der Waals surface area contributed by atoms with Crippen LogP contribution in [-0.2, 0) is 0 Å². The molecule has 0 unspecified atom stereocenters. The molecule has 0 spiro atoms. The quantitative estimate of drug-likeness (QED) is 0.652. The summed E-state index contributed by atoms with van der Waals surface area (Å²) in [5.41, 5.74) is 0.998. The molecule has 0 radical (unpaired) electrons. The van der Waals surface area contributed by atoms with Gasteiger partial charge in [0.15, 0.2) is 0 Å². The Bertz CT molecular complexity index is 587. The molecule has 3 rings (SSSR count). The van der Waals surface area contributed by atoms with Gasteiger partial charge in [-0.1, -0.05) is 35.1 Å². The summed E-state index contributed by atoms with van der Waals surface area (Å²) in [6.07, 6.45) is 1.58. The number of nitrogens with zero attached hydrogens (tertiary/aromatic N) is 4. The fraction of sp³-hybridized carbons (Fsp3) is 0. The maximum Gasteiger partial charge on any atom is 0.234 e. The smallest absolute Gasteiger partial charge is 0.190 e. The normalized spacial score (nSPS) is 11.0. The highest BCUT2D eigenvalue weighted by Gasteiger charge is 2.07. The van der Waals surface area contributed by atoms with Crippen molar-refractivity contribution in [3.05, 3.63) is 35.6 Å². The molecule has 0 amide bonds. The molecule has 0 saturated heterocycles. The molecule has 0 aliphatic carbocycles. The largest absolute Gasteiger partial charge is 0.234 e. The highest BCUT2D eigenvalue weighted by molar-refractivity contribution is 7.19. The molecule has 0 fully saturated rings. The highest BCUT2D eigenvalue weighted by Crippen LogP contribution is 2.26.